The number of carboxylic acids is 1. The monoisotopic (exact) mass is 618 g/mol. The van der Waals surface area contributed by atoms with Crippen LogP contribution in [0.5, 0.6) is 0 Å². The first-order valence-corrected chi connectivity index (χ1v) is 16.8. The summed E-state index contributed by atoms with van der Waals surface area (Å²) in [4.78, 5) is 26.0. The van der Waals surface area contributed by atoms with Crippen LogP contribution in [0.25, 0.3) is 0 Å². The van der Waals surface area contributed by atoms with E-state index >= 15 is 0 Å². The molecule has 0 aromatic heterocycles. The Kier molecular flexibility index (Phi) is 7.64. The van der Waals surface area contributed by atoms with E-state index in [1.165, 1.54) is 5.57 Å². The molecule has 1 heterocycles. The zero-order valence-corrected chi connectivity index (χ0v) is 27.3. The molecule has 9 heteroatoms. The fourth-order valence-corrected chi connectivity index (χ4v) is 11.9. The number of carboxylic acid groups (broad SMARTS) is 1. The molecule has 248 valence electrons. The zero-order chi connectivity index (χ0) is 32.3. The molecule has 6 aliphatic rings. The molecule has 0 aromatic rings. The average Bonchev–Trinajstić information content (AvgIpc) is 2.94. The molecule has 5 N–H and O–H groups in total. The number of carbonyl (C=O) groups is 2. The summed E-state index contributed by atoms with van der Waals surface area (Å²) < 4.78 is 11.9. The van der Waals surface area contributed by atoms with Gasteiger partial charge < -0.3 is 39.8 Å². The van der Waals surface area contributed by atoms with Gasteiger partial charge in [-0.1, -0.05) is 53.2 Å². The van der Waals surface area contributed by atoms with Gasteiger partial charge in [-0.05, 0) is 97.2 Å². The van der Waals surface area contributed by atoms with E-state index in [9.17, 15) is 35.1 Å². The predicted molar refractivity (Wildman–Crippen MR) is 161 cm³/mol. The van der Waals surface area contributed by atoms with E-state index < -0.39 is 53.6 Å². The maximum absolute atomic E-state index is 13.0. The quantitative estimate of drug-likeness (QED) is 0.180. The van der Waals surface area contributed by atoms with Gasteiger partial charge in [0.15, 0.2) is 6.29 Å². The summed E-state index contributed by atoms with van der Waals surface area (Å²) in [5.74, 6) is -0.858. The summed E-state index contributed by atoms with van der Waals surface area (Å²) in [7, 11) is 0. The van der Waals surface area contributed by atoms with Gasteiger partial charge in [0.1, 0.15) is 30.0 Å². The number of aliphatic carboxylic acids is 1. The molecule has 0 aromatic carbocycles. The van der Waals surface area contributed by atoms with Crippen molar-refractivity contribution < 1.29 is 44.6 Å². The van der Waals surface area contributed by atoms with Crippen molar-refractivity contribution in [3.05, 3.63) is 11.6 Å². The minimum absolute atomic E-state index is 0.000592. The van der Waals surface area contributed by atoms with E-state index in [0.29, 0.717) is 19.3 Å². The summed E-state index contributed by atoms with van der Waals surface area (Å²) in [6, 6.07) is 0. The number of hydrogen-bond acceptors (Lipinski definition) is 8. The van der Waals surface area contributed by atoms with Crippen LogP contribution < -0.4 is 0 Å². The predicted octanol–water partition coefficient (Wildman–Crippen LogP) is 3.85. The highest BCUT2D eigenvalue weighted by atomic mass is 16.7. The minimum atomic E-state index is -1.42. The van der Waals surface area contributed by atoms with Crippen LogP contribution in [0.4, 0.5) is 0 Å². The van der Waals surface area contributed by atoms with Crippen LogP contribution in [-0.2, 0) is 19.1 Å². The van der Waals surface area contributed by atoms with Crippen molar-refractivity contribution in [2.75, 3.05) is 6.61 Å². The van der Waals surface area contributed by atoms with Crippen molar-refractivity contribution in [2.24, 2.45) is 50.2 Å². The van der Waals surface area contributed by atoms with Crippen LogP contribution in [0.2, 0.25) is 0 Å². The van der Waals surface area contributed by atoms with Gasteiger partial charge in [0.2, 0.25) is 0 Å². The number of ether oxygens (including phenoxy) is 2. The van der Waals surface area contributed by atoms with Crippen LogP contribution in [0.3, 0.4) is 0 Å². The highest BCUT2D eigenvalue weighted by molar-refractivity contribution is 5.77. The lowest BCUT2D eigenvalue weighted by Crippen LogP contribution is -2.68. The third kappa shape index (κ3) is 4.18. The maximum atomic E-state index is 13.0. The van der Waals surface area contributed by atoms with Gasteiger partial charge in [0.25, 0.3) is 0 Å². The molecule has 0 spiro atoms. The number of fused-ring (bicyclic) bond motifs is 7. The number of aliphatic hydroxyl groups is 4. The fraction of sp³-hybridized carbons (Fsp3) is 0.886. The van der Waals surface area contributed by atoms with E-state index in [-0.39, 0.29) is 46.0 Å². The molecule has 0 amide bonds. The van der Waals surface area contributed by atoms with Crippen LogP contribution in [0, 0.1) is 50.2 Å². The standard InChI is InChI=1S/C35H54O9/c1-30(2)13-14-35(29(41)42)20(15-30)19-7-8-23-31(3)11-10-25(44-28-27(40)26(39)21(37)17-43-28)32(4,18-36)22(31)9-12-33(23,5)34(19,6)16-24(35)38/h7,18,20-28,37-40H,8-17H2,1-6H3,(H,41,42)/t20-,21+,22?,23?,24+,25-,26-,27-,28?,31-,32-,33+,34+,35+/m0/s1. The Hall–Kier alpha value is -1.36. The molecule has 14 atom stereocenters. The highest BCUT2D eigenvalue weighted by Gasteiger charge is 2.71. The first kappa shape index (κ1) is 32.6. The Labute approximate surface area is 261 Å². The fourth-order valence-electron chi connectivity index (χ4n) is 11.9. The molecule has 0 bridgehead atoms. The third-order valence-corrected chi connectivity index (χ3v) is 14.7. The summed E-state index contributed by atoms with van der Waals surface area (Å²) in [5.41, 5.74) is -1.56. The molecule has 4 saturated carbocycles. The summed E-state index contributed by atoms with van der Waals surface area (Å²) in [6.07, 6.45) is 3.06. The lowest BCUT2D eigenvalue weighted by atomic mass is 9.33. The summed E-state index contributed by atoms with van der Waals surface area (Å²) in [5, 5.41) is 53.1. The molecule has 0 radical (unpaired) electrons. The number of hydrogen-bond donors (Lipinski definition) is 5. The Morgan fingerprint density at radius 1 is 0.932 bits per heavy atom. The van der Waals surface area contributed by atoms with Crippen molar-refractivity contribution in [3.63, 3.8) is 0 Å². The molecule has 1 aliphatic heterocycles. The van der Waals surface area contributed by atoms with E-state index in [4.69, 9.17) is 9.47 Å². The minimum Gasteiger partial charge on any atom is -0.481 e. The SMILES string of the molecule is CC1(C)CC[C@]2(C(=O)O)[C@H](O)C[C@]3(C)C(=CCC4[C@@]5(C)CC[C@H](OC6OC[C@@H](O)[C@H](O)[C@@H]6O)[C@@](C)(C=O)C5CC[C@]43C)[C@@H]2C1. The van der Waals surface area contributed by atoms with Crippen LogP contribution in [0.15, 0.2) is 11.6 Å². The number of aliphatic hydroxyl groups excluding tert-OH is 4. The van der Waals surface area contributed by atoms with E-state index in [1.54, 1.807) is 0 Å². The molecular weight excluding hydrogens is 564 g/mol. The van der Waals surface area contributed by atoms with Crippen molar-refractivity contribution in [1.29, 1.82) is 0 Å². The topological polar surface area (TPSA) is 154 Å². The lowest BCUT2D eigenvalue weighted by Gasteiger charge is -2.71. The Morgan fingerprint density at radius 3 is 2.30 bits per heavy atom. The average molecular weight is 619 g/mol. The third-order valence-electron chi connectivity index (χ3n) is 14.7. The first-order valence-electron chi connectivity index (χ1n) is 16.8. The smallest absolute Gasteiger partial charge is 0.312 e. The van der Waals surface area contributed by atoms with Gasteiger partial charge in [-0.15, -0.1) is 0 Å². The lowest BCUT2D eigenvalue weighted by molar-refractivity contribution is -0.305. The van der Waals surface area contributed by atoms with Crippen molar-refractivity contribution in [2.45, 2.75) is 136 Å². The highest BCUT2D eigenvalue weighted by Crippen LogP contribution is 2.75. The van der Waals surface area contributed by atoms with Gasteiger partial charge in [0.05, 0.1) is 24.2 Å². The van der Waals surface area contributed by atoms with Gasteiger partial charge in [0, 0.05) is 0 Å². The Morgan fingerprint density at radius 2 is 1.64 bits per heavy atom. The molecule has 1 saturated heterocycles. The molecule has 9 nitrogen and oxygen atoms in total. The van der Waals surface area contributed by atoms with Crippen molar-refractivity contribution in [3.8, 4) is 0 Å². The molecule has 6 rings (SSSR count). The van der Waals surface area contributed by atoms with Crippen LogP contribution in [0.1, 0.15) is 99.3 Å². The molecule has 44 heavy (non-hydrogen) atoms. The number of rotatable bonds is 4. The molecule has 5 aliphatic carbocycles. The van der Waals surface area contributed by atoms with Crippen molar-refractivity contribution >= 4 is 12.3 Å². The largest absolute Gasteiger partial charge is 0.481 e. The van der Waals surface area contributed by atoms with Gasteiger partial charge in [-0.25, -0.2) is 0 Å². The van der Waals surface area contributed by atoms with Gasteiger partial charge >= 0.3 is 5.97 Å². The Balaban J connectivity index is 1.34. The van der Waals surface area contributed by atoms with E-state index in [2.05, 4.69) is 40.7 Å². The van der Waals surface area contributed by atoms with Gasteiger partial charge in [-0.2, -0.15) is 0 Å². The number of aldehydes is 1. The number of carbonyl (C=O) groups excluding carboxylic acids is 1. The van der Waals surface area contributed by atoms with Crippen molar-refractivity contribution in [1.82, 2.24) is 0 Å². The second-order valence-corrected chi connectivity index (χ2v) is 17.2. The van der Waals surface area contributed by atoms with E-state index in [1.807, 2.05) is 6.92 Å². The second-order valence-electron chi connectivity index (χ2n) is 17.2. The molecule has 3 unspecified atom stereocenters. The first-order chi connectivity index (χ1) is 20.4. The van der Waals surface area contributed by atoms with Gasteiger partial charge in [-0.3, -0.25) is 4.79 Å². The zero-order valence-electron chi connectivity index (χ0n) is 27.3. The van der Waals surface area contributed by atoms with Crippen LogP contribution >= 0.6 is 0 Å². The molecular formula is C35H54O9. The molecule has 5 fully saturated rings. The number of allylic oxidation sites excluding steroid dienone is 2. The van der Waals surface area contributed by atoms with Crippen LogP contribution in [-0.4, -0.2) is 81.2 Å². The second kappa shape index (κ2) is 10.3. The maximum Gasteiger partial charge on any atom is 0.312 e. The Bertz CT molecular complexity index is 1220. The summed E-state index contributed by atoms with van der Waals surface area (Å²) >= 11 is 0. The normalized spacial score (nSPS) is 55.0. The van der Waals surface area contributed by atoms with E-state index in [0.717, 1.165) is 44.8 Å². The summed E-state index contributed by atoms with van der Waals surface area (Å²) in [6.45, 7) is 13.2.